The Morgan fingerprint density at radius 2 is 0.912 bits per heavy atom. The first-order valence-corrected chi connectivity index (χ1v) is 32.9. The summed E-state index contributed by atoms with van der Waals surface area (Å²) in [4.78, 5) is 26.6. The van der Waals surface area contributed by atoms with E-state index in [-0.39, 0.29) is 19.4 Å². The van der Waals surface area contributed by atoms with Crippen molar-refractivity contribution in [3.05, 3.63) is 85.1 Å². The molecule has 0 aliphatic carbocycles. The van der Waals surface area contributed by atoms with E-state index < -0.39 is 67.4 Å². The molecule has 1 fully saturated rings. The van der Waals surface area contributed by atoms with Crippen molar-refractivity contribution >= 4 is 11.9 Å². The molecule has 11 nitrogen and oxygen atoms in total. The zero-order valence-corrected chi connectivity index (χ0v) is 51.2. The summed E-state index contributed by atoms with van der Waals surface area (Å²) in [5.74, 6) is -1.24. The van der Waals surface area contributed by atoms with E-state index in [0.29, 0.717) is 12.8 Å². The number of nitrogens with one attached hydrogen (secondary N) is 1. The summed E-state index contributed by atoms with van der Waals surface area (Å²) in [6.07, 6.45) is 63.5. The van der Waals surface area contributed by atoms with Gasteiger partial charge in [-0.2, -0.15) is 0 Å². The van der Waals surface area contributed by atoms with Gasteiger partial charge >= 0.3 is 5.97 Å². The van der Waals surface area contributed by atoms with Crippen LogP contribution in [0.1, 0.15) is 278 Å². The molecule has 1 aliphatic rings. The van der Waals surface area contributed by atoms with Gasteiger partial charge in [0.25, 0.3) is 0 Å². The lowest BCUT2D eigenvalue weighted by atomic mass is 9.99. The van der Waals surface area contributed by atoms with Gasteiger partial charge in [0.2, 0.25) is 5.91 Å². The second kappa shape index (κ2) is 56.3. The number of hydrogen-bond acceptors (Lipinski definition) is 10. The Labute approximate surface area is 489 Å². The zero-order valence-electron chi connectivity index (χ0n) is 51.2. The highest BCUT2D eigenvalue weighted by Gasteiger charge is 2.47. The summed E-state index contributed by atoms with van der Waals surface area (Å²) >= 11 is 0. The quantitative estimate of drug-likeness (QED) is 0.0149. The monoisotopic (exact) mass is 1120 g/mol. The van der Waals surface area contributed by atoms with E-state index in [0.717, 1.165) is 64.2 Å². The number of hydrogen-bond donors (Lipinski definition) is 6. The summed E-state index contributed by atoms with van der Waals surface area (Å²) in [5.41, 5.74) is 0. The van der Waals surface area contributed by atoms with Gasteiger partial charge in [-0.15, -0.1) is 0 Å². The maximum absolute atomic E-state index is 13.5. The first-order valence-electron chi connectivity index (χ1n) is 32.9. The molecule has 8 unspecified atom stereocenters. The van der Waals surface area contributed by atoms with E-state index in [1.165, 1.54) is 167 Å². The molecule has 0 aromatic heterocycles. The Morgan fingerprint density at radius 1 is 0.500 bits per heavy atom. The number of unbranched alkanes of at least 4 members (excludes halogenated alkanes) is 33. The van der Waals surface area contributed by atoms with Gasteiger partial charge in [0.1, 0.15) is 24.4 Å². The lowest BCUT2D eigenvalue weighted by Gasteiger charge is -2.41. The van der Waals surface area contributed by atoms with Gasteiger partial charge in [0.05, 0.1) is 25.4 Å². The molecule has 1 amide bonds. The smallest absolute Gasteiger partial charge is 0.306 e. The van der Waals surface area contributed by atoms with Gasteiger partial charge in [0.15, 0.2) is 12.4 Å². The molecule has 1 aliphatic heterocycles. The van der Waals surface area contributed by atoms with Crippen molar-refractivity contribution in [2.24, 2.45) is 0 Å². The van der Waals surface area contributed by atoms with E-state index in [1.54, 1.807) is 6.08 Å². The maximum atomic E-state index is 13.5. The minimum Gasteiger partial charge on any atom is -0.454 e. The van der Waals surface area contributed by atoms with Crippen molar-refractivity contribution in [2.75, 3.05) is 13.2 Å². The standard InChI is InChI=1S/C69H121NO10/c1-4-7-10-13-16-19-22-25-27-28-29-30-31-32-33-34-35-37-38-41-44-47-50-53-56-62(73)68(77)70-60(61(72)55-52-49-46-43-40-24-21-18-15-12-9-6-3)59-78-69-67(66(76)65(75)63(58-71)79-69)80-64(74)57-54-51-48-45-42-39-36-26-23-20-17-14-11-8-5-2/h8,11,14,17,20,23,25-27,36,39,42,52,55,60-63,65-67,69,71-73,75-76H,4-7,9-10,12-13,15-16,18-19,21-22,24,28-35,37-38,40-41,43-51,53-54,56-59H2,1-3H3,(H,70,77)/b11-8+,17-14+,23-20-,27-25+,36-26-,42-39+,55-52+. The molecule has 8 atom stereocenters. The Morgan fingerprint density at radius 3 is 1.39 bits per heavy atom. The van der Waals surface area contributed by atoms with Crippen LogP contribution in [0.2, 0.25) is 0 Å². The third-order valence-electron chi connectivity index (χ3n) is 15.2. The summed E-state index contributed by atoms with van der Waals surface area (Å²) in [6, 6.07) is -1.04. The second-order valence-electron chi connectivity index (χ2n) is 22.6. The lowest BCUT2D eigenvalue weighted by Crippen LogP contribution is -2.61. The fourth-order valence-corrected chi connectivity index (χ4v) is 9.96. The number of ether oxygens (including phenoxy) is 3. The molecule has 11 heteroatoms. The molecule has 80 heavy (non-hydrogen) atoms. The van der Waals surface area contributed by atoms with E-state index >= 15 is 0 Å². The number of amides is 1. The summed E-state index contributed by atoms with van der Waals surface area (Å²) in [7, 11) is 0. The fraction of sp³-hybridized carbons (Fsp3) is 0.768. The van der Waals surface area contributed by atoms with Crippen LogP contribution in [0.15, 0.2) is 85.1 Å². The molecular weight excluding hydrogens is 1000 g/mol. The zero-order chi connectivity index (χ0) is 58.2. The van der Waals surface area contributed by atoms with Crippen LogP contribution < -0.4 is 5.32 Å². The third kappa shape index (κ3) is 43.5. The minimum absolute atomic E-state index is 0.0718. The van der Waals surface area contributed by atoms with Gasteiger partial charge in [0, 0.05) is 6.42 Å². The van der Waals surface area contributed by atoms with Crippen LogP contribution in [-0.2, 0) is 23.8 Å². The Bertz CT molecular complexity index is 1620. The summed E-state index contributed by atoms with van der Waals surface area (Å²) < 4.78 is 17.6. The summed E-state index contributed by atoms with van der Waals surface area (Å²) in [6.45, 7) is 5.63. The third-order valence-corrected chi connectivity index (χ3v) is 15.2. The number of carbonyl (C=O) groups is 2. The predicted molar refractivity (Wildman–Crippen MR) is 333 cm³/mol. The summed E-state index contributed by atoms with van der Waals surface area (Å²) in [5, 5.41) is 57.0. The van der Waals surface area contributed by atoms with Crippen LogP contribution in [0, 0.1) is 0 Å². The molecule has 1 rings (SSSR count). The Hall–Kier alpha value is -3.16. The molecular formula is C69H121NO10. The average Bonchev–Trinajstić information content (AvgIpc) is 3.48. The number of aliphatic hydroxyl groups is 5. The van der Waals surface area contributed by atoms with E-state index in [1.807, 2.05) is 54.7 Å². The van der Waals surface area contributed by atoms with Crippen LogP contribution in [-0.4, -0.2) is 99.6 Å². The number of carbonyl (C=O) groups excluding carboxylic acids is 2. The molecule has 0 aromatic carbocycles. The first-order chi connectivity index (χ1) is 39.2. The largest absolute Gasteiger partial charge is 0.454 e. The maximum Gasteiger partial charge on any atom is 0.306 e. The number of allylic oxidation sites excluding steroid dienone is 13. The normalized spacial score (nSPS) is 19.3. The van der Waals surface area contributed by atoms with Crippen LogP contribution in [0.25, 0.3) is 0 Å². The molecule has 6 N–H and O–H groups in total. The molecule has 1 saturated heterocycles. The van der Waals surface area contributed by atoms with Gasteiger partial charge < -0.3 is 45.1 Å². The van der Waals surface area contributed by atoms with Crippen molar-refractivity contribution in [3.8, 4) is 0 Å². The van der Waals surface area contributed by atoms with Crippen molar-refractivity contribution < 1.29 is 49.3 Å². The number of rotatable bonds is 55. The SMILES string of the molecule is CC/C=C/C=C/C=C\C=C/C=C/CCCCCC(=O)OC1C(OCC(NC(=O)C(O)CCCCCCCCCCCCCCCC/C=C/CCCCCCCC)C(O)/C=C/CCCCCCCCCCCC)OC(CO)C(O)C1O. The molecule has 0 radical (unpaired) electrons. The highest BCUT2D eigenvalue weighted by Crippen LogP contribution is 2.26. The van der Waals surface area contributed by atoms with Crippen LogP contribution in [0.5, 0.6) is 0 Å². The van der Waals surface area contributed by atoms with E-state index in [9.17, 15) is 35.1 Å². The molecule has 0 bridgehead atoms. The molecule has 1 heterocycles. The fourth-order valence-electron chi connectivity index (χ4n) is 9.96. The van der Waals surface area contributed by atoms with Gasteiger partial charge in [-0.05, 0) is 70.6 Å². The molecule has 0 saturated carbocycles. The number of aliphatic hydroxyl groups excluding tert-OH is 5. The molecule has 462 valence electrons. The first kappa shape index (κ1) is 74.9. The van der Waals surface area contributed by atoms with Crippen LogP contribution in [0.3, 0.4) is 0 Å². The van der Waals surface area contributed by atoms with Crippen molar-refractivity contribution in [2.45, 2.75) is 327 Å². The minimum atomic E-state index is -1.63. The Balaban J connectivity index is 2.62. The van der Waals surface area contributed by atoms with Crippen molar-refractivity contribution in [1.29, 1.82) is 0 Å². The average molecular weight is 1120 g/mol. The highest BCUT2D eigenvalue weighted by molar-refractivity contribution is 5.80. The highest BCUT2D eigenvalue weighted by atomic mass is 16.7. The van der Waals surface area contributed by atoms with Gasteiger partial charge in [-0.1, -0.05) is 286 Å². The molecule has 0 aromatic rings. The van der Waals surface area contributed by atoms with Crippen LogP contribution in [0.4, 0.5) is 0 Å². The topological polar surface area (TPSA) is 175 Å². The second-order valence-corrected chi connectivity index (χ2v) is 22.6. The Kier molecular flexibility index (Phi) is 52.7. The predicted octanol–water partition coefficient (Wildman–Crippen LogP) is 16.1. The lowest BCUT2D eigenvalue weighted by molar-refractivity contribution is -0.305. The van der Waals surface area contributed by atoms with Gasteiger partial charge in [-0.25, -0.2) is 0 Å². The van der Waals surface area contributed by atoms with Gasteiger partial charge in [-0.3, -0.25) is 9.59 Å². The van der Waals surface area contributed by atoms with E-state index in [2.05, 4.69) is 50.4 Å². The van der Waals surface area contributed by atoms with Crippen molar-refractivity contribution in [3.63, 3.8) is 0 Å². The number of esters is 1. The van der Waals surface area contributed by atoms with Crippen LogP contribution >= 0.6 is 0 Å². The van der Waals surface area contributed by atoms with E-state index in [4.69, 9.17) is 14.2 Å². The molecule has 0 spiro atoms. The van der Waals surface area contributed by atoms with Crippen molar-refractivity contribution in [1.82, 2.24) is 5.32 Å².